The third-order valence-corrected chi connectivity index (χ3v) is 10.8. The summed E-state index contributed by atoms with van der Waals surface area (Å²) in [4.78, 5) is 67.3. The van der Waals surface area contributed by atoms with Crippen LogP contribution in [0.2, 0.25) is 0 Å². The monoisotopic (exact) mass is 751 g/mol. The van der Waals surface area contributed by atoms with Crippen LogP contribution < -0.4 is 5.32 Å². The molecule has 3 N–H and O–H groups in total. The van der Waals surface area contributed by atoms with Gasteiger partial charge in [-0.2, -0.15) is 0 Å². The molecule has 1 unspecified atom stereocenters. The highest BCUT2D eigenvalue weighted by Crippen LogP contribution is 2.36. The van der Waals surface area contributed by atoms with E-state index in [1.165, 1.54) is 25.7 Å². The Morgan fingerprint density at radius 1 is 0.750 bits per heavy atom. The van der Waals surface area contributed by atoms with Crippen LogP contribution >= 0.6 is 0 Å². The first-order chi connectivity index (χ1) is 27.2. The number of aromatic amines is 2. The number of alkyl carbamates (subject to hydrolysis) is 1. The molecule has 8 rings (SSSR count). The summed E-state index contributed by atoms with van der Waals surface area (Å²) < 4.78 is 4.78. The molecular formula is C43H45N9O4. The number of rotatable bonds is 10. The number of nitrogens with one attached hydrogen (secondary N) is 3. The smallest absolute Gasteiger partial charge is 0.407 e. The number of methoxy groups -OCH3 is 1. The molecule has 0 radical (unpaired) electrons. The van der Waals surface area contributed by atoms with E-state index in [4.69, 9.17) is 9.72 Å². The molecule has 3 atom stereocenters. The van der Waals surface area contributed by atoms with Crippen LogP contribution in [0, 0.1) is 5.92 Å². The number of carbonyl (C=O) groups is 3. The summed E-state index contributed by atoms with van der Waals surface area (Å²) in [6.07, 6.45) is 11.4. The van der Waals surface area contributed by atoms with Gasteiger partial charge in [-0.25, -0.2) is 14.8 Å². The van der Waals surface area contributed by atoms with E-state index in [2.05, 4.69) is 105 Å². The topological polar surface area (TPSA) is 162 Å². The van der Waals surface area contributed by atoms with E-state index in [1.54, 1.807) is 11.1 Å². The molecule has 2 fully saturated rings. The summed E-state index contributed by atoms with van der Waals surface area (Å²) >= 11 is 0. The van der Waals surface area contributed by atoms with Crippen molar-refractivity contribution in [1.29, 1.82) is 0 Å². The predicted molar refractivity (Wildman–Crippen MR) is 212 cm³/mol. The maximum Gasteiger partial charge on any atom is 0.407 e. The van der Waals surface area contributed by atoms with Gasteiger partial charge >= 0.3 is 6.09 Å². The number of fused-ring (bicyclic) bond motifs is 1. The van der Waals surface area contributed by atoms with Gasteiger partial charge in [-0.05, 0) is 71.2 Å². The molecular weight excluding hydrogens is 707 g/mol. The number of carbonyl (C=O) groups excluding carboxylic acids is 3. The standard InChI is InChI=1S/C43H45N9O4/c1-26(2)20-38(53)51-18-4-6-36(51)40-47-25-34(49-40)32-15-14-30-21-29(12-13-31(30)22-32)27-8-10-28(11-9-27)33-24-46-41(48-33)37-7-5-19-52(37)42(54)39(50-43(55)56-3)35-23-44-16-17-45-35/h8-17,21-26,36-37,39H,4-7,18-20H2,1-3H3,(H,46,48)(H,47,49)(H,50,55)/t36-,37-,39?/m0/s1. The number of hydrogen-bond donors (Lipinski definition) is 3. The van der Waals surface area contributed by atoms with Crippen molar-refractivity contribution in [2.24, 2.45) is 5.92 Å². The molecule has 0 saturated carbocycles. The minimum atomic E-state index is -1.04. The van der Waals surface area contributed by atoms with Gasteiger partial charge < -0.3 is 29.8 Å². The lowest BCUT2D eigenvalue weighted by Crippen LogP contribution is -2.43. The zero-order chi connectivity index (χ0) is 38.8. The van der Waals surface area contributed by atoms with Crippen LogP contribution in [0.4, 0.5) is 4.79 Å². The second-order valence-electron chi connectivity index (χ2n) is 15.0. The highest BCUT2D eigenvalue weighted by molar-refractivity contribution is 5.91. The van der Waals surface area contributed by atoms with Gasteiger partial charge in [-0.15, -0.1) is 0 Å². The van der Waals surface area contributed by atoms with Crippen LogP contribution in [0.3, 0.4) is 0 Å². The van der Waals surface area contributed by atoms with E-state index in [9.17, 15) is 14.4 Å². The summed E-state index contributed by atoms with van der Waals surface area (Å²) in [5, 5.41) is 4.88. The van der Waals surface area contributed by atoms with E-state index in [-0.39, 0.29) is 23.9 Å². The van der Waals surface area contributed by atoms with Crippen molar-refractivity contribution in [3.05, 3.63) is 109 Å². The van der Waals surface area contributed by atoms with E-state index in [0.29, 0.717) is 30.4 Å². The lowest BCUT2D eigenvalue weighted by molar-refractivity contribution is -0.135. The molecule has 13 nitrogen and oxygen atoms in total. The van der Waals surface area contributed by atoms with Crippen molar-refractivity contribution in [2.45, 2.75) is 64.1 Å². The quantitative estimate of drug-likeness (QED) is 0.129. The van der Waals surface area contributed by atoms with Crippen LogP contribution in [-0.2, 0) is 14.3 Å². The third kappa shape index (κ3) is 7.48. The Hall–Kier alpha value is -6.37. The Morgan fingerprint density at radius 3 is 1.98 bits per heavy atom. The van der Waals surface area contributed by atoms with Crippen molar-refractivity contribution < 1.29 is 19.1 Å². The zero-order valence-electron chi connectivity index (χ0n) is 31.7. The van der Waals surface area contributed by atoms with Gasteiger partial charge in [0.1, 0.15) is 11.6 Å². The molecule has 3 aromatic carbocycles. The van der Waals surface area contributed by atoms with Crippen LogP contribution in [-0.4, -0.2) is 77.8 Å². The molecule has 2 aliphatic rings. The van der Waals surface area contributed by atoms with Crippen LogP contribution in [0.15, 0.2) is 91.6 Å². The molecule has 6 aromatic rings. The normalized spacial score (nSPS) is 17.4. The first-order valence-electron chi connectivity index (χ1n) is 19.2. The van der Waals surface area contributed by atoms with Crippen LogP contribution in [0.1, 0.15) is 81.4 Å². The first kappa shape index (κ1) is 36.6. The number of amides is 3. The maximum atomic E-state index is 13.8. The Balaban J connectivity index is 0.952. The highest BCUT2D eigenvalue weighted by Gasteiger charge is 2.38. The van der Waals surface area contributed by atoms with Gasteiger partial charge in [-0.3, -0.25) is 19.6 Å². The minimum absolute atomic E-state index is 0.000543. The van der Waals surface area contributed by atoms with E-state index in [0.717, 1.165) is 82.5 Å². The fraction of sp³-hybridized carbons (Fsp3) is 0.326. The number of hydrogen-bond acceptors (Lipinski definition) is 8. The molecule has 5 heterocycles. The summed E-state index contributed by atoms with van der Waals surface area (Å²) in [5.74, 6) is 1.77. The van der Waals surface area contributed by atoms with E-state index in [1.807, 2.05) is 11.1 Å². The molecule has 13 heteroatoms. The highest BCUT2D eigenvalue weighted by atomic mass is 16.5. The molecule has 2 saturated heterocycles. The lowest BCUT2D eigenvalue weighted by atomic mass is 9.98. The Labute approximate surface area is 324 Å². The Morgan fingerprint density at radius 2 is 1.34 bits per heavy atom. The minimum Gasteiger partial charge on any atom is -0.453 e. The first-order valence-corrected chi connectivity index (χ1v) is 19.2. The number of H-pyrrole nitrogens is 2. The second kappa shape index (κ2) is 15.8. The Kier molecular flexibility index (Phi) is 10.3. The summed E-state index contributed by atoms with van der Waals surface area (Å²) in [5.41, 5.74) is 6.35. The lowest BCUT2D eigenvalue weighted by Gasteiger charge is -2.27. The van der Waals surface area contributed by atoms with Crippen molar-refractivity contribution in [3.8, 4) is 33.6 Å². The fourth-order valence-corrected chi connectivity index (χ4v) is 7.94. The number of ether oxygens (including phenoxy) is 1. The average molecular weight is 752 g/mol. The zero-order valence-corrected chi connectivity index (χ0v) is 31.7. The maximum absolute atomic E-state index is 13.8. The second-order valence-corrected chi connectivity index (χ2v) is 15.0. The largest absolute Gasteiger partial charge is 0.453 e. The summed E-state index contributed by atoms with van der Waals surface area (Å²) in [6, 6.07) is 19.9. The number of nitrogens with zero attached hydrogens (tertiary/aromatic N) is 6. The van der Waals surface area contributed by atoms with Crippen molar-refractivity contribution >= 4 is 28.7 Å². The van der Waals surface area contributed by atoms with Crippen molar-refractivity contribution in [1.82, 2.24) is 45.0 Å². The molecule has 286 valence electrons. The van der Waals surface area contributed by atoms with E-state index >= 15 is 0 Å². The number of imidazole rings is 2. The molecule has 0 bridgehead atoms. The van der Waals surface area contributed by atoms with Gasteiger partial charge in [0.25, 0.3) is 5.91 Å². The van der Waals surface area contributed by atoms with E-state index < -0.39 is 12.1 Å². The third-order valence-electron chi connectivity index (χ3n) is 10.8. The summed E-state index contributed by atoms with van der Waals surface area (Å²) in [6.45, 7) is 5.47. The fourth-order valence-electron chi connectivity index (χ4n) is 7.94. The SMILES string of the molecule is COC(=O)NC(C(=O)N1CCC[C@H]1c1ncc(-c2ccc(-c3ccc4cc(-c5cnc([C@@H]6CCCN6C(=O)CC(C)C)[nH]5)ccc4c3)cc2)[nH]1)c1cnccn1. The molecule has 0 spiro atoms. The number of likely N-dealkylation sites (tertiary alicyclic amines) is 2. The Bertz CT molecular complexity index is 2350. The molecule has 2 aliphatic heterocycles. The molecule has 0 aliphatic carbocycles. The van der Waals surface area contributed by atoms with Crippen molar-refractivity contribution in [3.63, 3.8) is 0 Å². The van der Waals surface area contributed by atoms with Crippen LogP contribution in [0.5, 0.6) is 0 Å². The van der Waals surface area contributed by atoms with Crippen LogP contribution in [0.25, 0.3) is 44.4 Å². The average Bonchev–Trinajstić information content (AvgIpc) is 4.06. The van der Waals surface area contributed by atoms with Gasteiger partial charge in [0.2, 0.25) is 5.91 Å². The molecule has 3 amide bonds. The summed E-state index contributed by atoms with van der Waals surface area (Å²) in [7, 11) is 1.25. The van der Waals surface area contributed by atoms with Gasteiger partial charge in [0.05, 0.1) is 54.9 Å². The number of aromatic nitrogens is 6. The molecule has 56 heavy (non-hydrogen) atoms. The van der Waals surface area contributed by atoms with Crippen molar-refractivity contribution in [2.75, 3.05) is 20.2 Å². The van der Waals surface area contributed by atoms with Gasteiger partial charge in [-0.1, -0.05) is 62.4 Å². The number of benzene rings is 3. The van der Waals surface area contributed by atoms with Gasteiger partial charge in [0, 0.05) is 37.5 Å². The predicted octanol–water partition coefficient (Wildman–Crippen LogP) is 7.55. The molecule has 3 aromatic heterocycles. The van der Waals surface area contributed by atoms with Gasteiger partial charge in [0.15, 0.2) is 6.04 Å².